The van der Waals surface area contributed by atoms with E-state index in [-0.39, 0.29) is 23.2 Å². The van der Waals surface area contributed by atoms with Gasteiger partial charge in [0.05, 0.1) is 11.4 Å². The fraction of sp³-hybridized carbons (Fsp3) is 0.250. The molecule has 2 saturated heterocycles. The molecule has 1 N–H and O–H groups in total. The van der Waals surface area contributed by atoms with Crippen molar-refractivity contribution in [1.29, 1.82) is 0 Å². The fourth-order valence-electron chi connectivity index (χ4n) is 3.56. The van der Waals surface area contributed by atoms with Crippen LogP contribution in [0.4, 0.5) is 4.79 Å². The summed E-state index contributed by atoms with van der Waals surface area (Å²) < 4.78 is 32.9. The number of carbonyl (C=O) groups excluding carboxylic acids is 2. The number of benzene rings is 2. The van der Waals surface area contributed by atoms with Crippen molar-refractivity contribution in [3.05, 3.63) is 65.7 Å². The molecule has 2 aliphatic rings. The van der Waals surface area contributed by atoms with Crippen LogP contribution in [0.5, 0.6) is 0 Å². The van der Waals surface area contributed by atoms with Gasteiger partial charge >= 0.3 is 6.09 Å². The molecule has 0 spiro atoms. The first-order chi connectivity index (χ1) is 14.3. The van der Waals surface area contributed by atoms with Crippen molar-refractivity contribution >= 4 is 39.4 Å². The molecule has 2 amide bonds. The molecule has 2 aliphatic heterocycles. The molecule has 0 radical (unpaired) electrons. The maximum absolute atomic E-state index is 13.5. The second kappa shape index (κ2) is 7.69. The molecule has 8 nitrogen and oxygen atoms in total. The Morgan fingerprint density at radius 3 is 2.40 bits per heavy atom. The van der Waals surface area contributed by atoms with E-state index in [0.29, 0.717) is 5.56 Å². The van der Waals surface area contributed by atoms with E-state index in [1.165, 1.54) is 12.1 Å². The molecule has 10 heteroatoms. The zero-order valence-electron chi connectivity index (χ0n) is 16.0. The number of carbonyl (C=O) groups is 2. The second-order valence-electron chi connectivity index (χ2n) is 7.00. The smallest absolute Gasteiger partial charge is 0.416 e. The number of nitrogens with zero attached hydrogens (tertiary/aromatic N) is 2. The number of sulfonamides is 1. The van der Waals surface area contributed by atoms with Gasteiger partial charge in [-0.15, -0.1) is 0 Å². The average molecular weight is 446 g/mol. The SMILES string of the molecule is Cc1ccc(S(=O)(=O)N2C(=S)N[C@H](C(=O)N3CCOC3=O)[C@@H]2c2ccccc2)cc1. The number of ether oxygens (including phenoxy) is 1. The Kier molecular flexibility index (Phi) is 5.20. The third kappa shape index (κ3) is 3.41. The lowest BCUT2D eigenvalue weighted by molar-refractivity contribution is -0.130. The predicted molar refractivity (Wildman–Crippen MR) is 112 cm³/mol. The van der Waals surface area contributed by atoms with Crippen molar-refractivity contribution in [2.45, 2.75) is 23.9 Å². The van der Waals surface area contributed by atoms with Gasteiger partial charge in [-0.25, -0.2) is 22.4 Å². The fourth-order valence-corrected chi connectivity index (χ4v) is 5.61. The third-order valence-electron chi connectivity index (χ3n) is 5.06. The summed E-state index contributed by atoms with van der Waals surface area (Å²) in [4.78, 5) is 26.1. The highest BCUT2D eigenvalue weighted by molar-refractivity contribution is 7.91. The van der Waals surface area contributed by atoms with Crippen LogP contribution in [0.25, 0.3) is 0 Å². The maximum atomic E-state index is 13.5. The molecule has 0 aromatic heterocycles. The van der Waals surface area contributed by atoms with Gasteiger partial charge in [0, 0.05) is 0 Å². The minimum Gasteiger partial charge on any atom is -0.447 e. The Morgan fingerprint density at radius 2 is 1.80 bits per heavy atom. The Morgan fingerprint density at radius 1 is 1.13 bits per heavy atom. The summed E-state index contributed by atoms with van der Waals surface area (Å²) in [5.41, 5.74) is 1.49. The van der Waals surface area contributed by atoms with Crippen LogP contribution in [0.1, 0.15) is 17.2 Å². The van der Waals surface area contributed by atoms with Crippen LogP contribution in [0.15, 0.2) is 59.5 Å². The number of rotatable bonds is 4. The first kappa shape index (κ1) is 20.3. The van der Waals surface area contributed by atoms with Gasteiger partial charge in [0.25, 0.3) is 15.9 Å². The summed E-state index contributed by atoms with van der Waals surface area (Å²) in [5.74, 6) is -0.588. The van der Waals surface area contributed by atoms with Crippen molar-refractivity contribution < 1.29 is 22.7 Å². The Balaban J connectivity index is 1.79. The average Bonchev–Trinajstić information content (AvgIpc) is 3.32. The van der Waals surface area contributed by atoms with Crippen LogP contribution in [0.2, 0.25) is 0 Å². The summed E-state index contributed by atoms with van der Waals surface area (Å²) in [6, 6.07) is 13.1. The molecule has 30 heavy (non-hydrogen) atoms. The molecule has 0 saturated carbocycles. The number of cyclic esters (lactones) is 1. The minimum atomic E-state index is -4.06. The number of nitrogens with one attached hydrogen (secondary N) is 1. The van der Waals surface area contributed by atoms with E-state index in [1.54, 1.807) is 42.5 Å². The van der Waals surface area contributed by atoms with Crippen LogP contribution < -0.4 is 5.32 Å². The van der Waals surface area contributed by atoms with Gasteiger partial charge in [-0.2, -0.15) is 0 Å². The Bertz CT molecular complexity index is 1100. The van der Waals surface area contributed by atoms with E-state index in [1.807, 2.05) is 6.92 Å². The van der Waals surface area contributed by atoms with E-state index in [9.17, 15) is 18.0 Å². The van der Waals surface area contributed by atoms with Gasteiger partial charge in [-0.3, -0.25) is 4.79 Å². The van der Waals surface area contributed by atoms with Gasteiger partial charge in [-0.1, -0.05) is 48.0 Å². The van der Waals surface area contributed by atoms with E-state index < -0.39 is 34.1 Å². The van der Waals surface area contributed by atoms with Crippen LogP contribution in [-0.4, -0.2) is 53.9 Å². The first-order valence-corrected chi connectivity index (χ1v) is 11.1. The summed E-state index contributed by atoms with van der Waals surface area (Å²) in [6.45, 7) is 2.06. The molecule has 2 heterocycles. The van der Waals surface area contributed by atoms with Gasteiger partial charge in [0.2, 0.25) is 0 Å². The highest BCUT2D eigenvalue weighted by Gasteiger charge is 2.50. The van der Waals surface area contributed by atoms with Crippen LogP contribution in [-0.2, 0) is 19.6 Å². The molecule has 2 fully saturated rings. The molecular formula is C20H19N3O5S2. The molecular weight excluding hydrogens is 426 g/mol. The lowest BCUT2D eigenvalue weighted by Crippen LogP contribution is -2.47. The third-order valence-corrected chi connectivity index (χ3v) is 7.28. The van der Waals surface area contributed by atoms with Crippen LogP contribution in [0, 0.1) is 6.92 Å². The lowest BCUT2D eigenvalue weighted by atomic mass is 10.00. The summed E-state index contributed by atoms with van der Waals surface area (Å²) in [7, 11) is -4.06. The number of thiocarbonyl (C=S) groups is 1. The monoisotopic (exact) mass is 445 g/mol. The predicted octanol–water partition coefficient (Wildman–Crippen LogP) is 1.96. The van der Waals surface area contributed by atoms with E-state index >= 15 is 0 Å². The largest absolute Gasteiger partial charge is 0.447 e. The topological polar surface area (TPSA) is 96.0 Å². The molecule has 4 rings (SSSR count). The number of hydrogen-bond donors (Lipinski definition) is 1. The standard InChI is InChI=1S/C20H19N3O5S2/c1-13-7-9-15(10-8-13)30(26,27)23-17(14-5-3-2-4-6-14)16(21-19(23)29)18(24)22-11-12-28-20(22)25/h2-10,16-17H,11-12H2,1H3,(H,21,29)/t16-,17-/m0/s1. The summed E-state index contributed by atoms with van der Waals surface area (Å²) in [5, 5.41) is 2.71. The van der Waals surface area contributed by atoms with Crippen LogP contribution >= 0.6 is 12.2 Å². The summed E-state index contributed by atoms with van der Waals surface area (Å²) >= 11 is 5.34. The zero-order chi connectivity index (χ0) is 21.5. The number of hydrogen-bond acceptors (Lipinski definition) is 6. The van der Waals surface area contributed by atoms with Crippen LogP contribution in [0.3, 0.4) is 0 Å². The van der Waals surface area contributed by atoms with E-state index in [0.717, 1.165) is 14.8 Å². The highest BCUT2D eigenvalue weighted by Crippen LogP contribution is 2.36. The molecule has 0 aliphatic carbocycles. The number of amides is 2. The normalized spacial score (nSPS) is 21.5. The number of imide groups is 1. The lowest BCUT2D eigenvalue weighted by Gasteiger charge is -2.28. The molecule has 2 aromatic rings. The molecule has 156 valence electrons. The van der Waals surface area contributed by atoms with Crippen molar-refractivity contribution in [2.75, 3.05) is 13.2 Å². The Labute approximate surface area is 179 Å². The zero-order valence-corrected chi connectivity index (χ0v) is 17.7. The molecule has 0 bridgehead atoms. The molecule has 2 aromatic carbocycles. The maximum Gasteiger partial charge on any atom is 0.416 e. The quantitative estimate of drug-likeness (QED) is 0.719. The van der Waals surface area contributed by atoms with Crippen molar-refractivity contribution in [3.8, 4) is 0 Å². The van der Waals surface area contributed by atoms with Gasteiger partial charge in [0.15, 0.2) is 5.11 Å². The van der Waals surface area contributed by atoms with Gasteiger partial charge in [-0.05, 0) is 36.8 Å². The summed E-state index contributed by atoms with van der Waals surface area (Å²) in [6.07, 6.45) is -0.751. The van der Waals surface area contributed by atoms with Crippen molar-refractivity contribution in [3.63, 3.8) is 0 Å². The Hall–Kier alpha value is -2.98. The molecule has 0 unspecified atom stereocenters. The second-order valence-corrected chi connectivity index (χ2v) is 9.20. The minimum absolute atomic E-state index is 0.0619. The van der Waals surface area contributed by atoms with Gasteiger partial charge < -0.3 is 10.1 Å². The number of aryl methyl sites for hydroxylation is 1. The van der Waals surface area contributed by atoms with E-state index in [2.05, 4.69) is 5.32 Å². The van der Waals surface area contributed by atoms with Crippen molar-refractivity contribution in [1.82, 2.24) is 14.5 Å². The van der Waals surface area contributed by atoms with Crippen molar-refractivity contribution in [2.24, 2.45) is 0 Å². The first-order valence-electron chi connectivity index (χ1n) is 9.25. The van der Waals surface area contributed by atoms with Gasteiger partial charge in [0.1, 0.15) is 18.7 Å². The van der Waals surface area contributed by atoms with E-state index in [4.69, 9.17) is 17.0 Å². The molecule has 2 atom stereocenters. The highest BCUT2D eigenvalue weighted by atomic mass is 32.2.